The molecular weight excluding hydrogens is 550 g/mol. The largest absolute Gasteiger partial charge is 0.494 e. The summed E-state index contributed by atoms with van der Waals surface area (Å²) in [5.41, 5.74) is 11.2. The molecule has 0 saturated carbocycles. The fraction of sp³-hybridized carbons (Fsp3) is 0.400. The van der Waals surface area contributed by atoms with Gasteiger partial charge >= 0.3 is 0 Å². The number of aliphatic hydroxyl groups is 1. The molecule has 4 aromatic rings. The number of aliphatic hydroxyl groups excluding tert-OH is 1. The van der Waals surface area contributed by atoms with Gasteiger partial charge in [0.25, 0.3) is 6.43 Å². The third kappa shape index (κ3) is 5.04. The number of benzene rings is 1. The SMILES string of the molecule is COc1cc(F)c(-c2nnc(N3CCC[C@](N)([C@H](O)C(F)F)C3)c(Cn3cnc4c(N)ncnc43)c2OC)cc1F. The number of ether oxygens (including phenoxy) is 2. The van der Waals surface area contributed by atoms with Crippen molar-refractivity contribution >= 4 is 22.8 Å². The van der Waals surface area contributed by atoms with Gasteiger partial charge in [0.2, 0.25) is 0 Å². The lowest BCUT2D eigenvalue weighted by molar-refractivity contribution is -0.0530. The Labute approximate surface area is 230 Å². The van der Waals surface area contributed by atoms with Crippen LogP contribution in [0.2, 0.25) is 0 Å². The summed E-state index contributed by atoms with van der Waals surface area (Å²) in [6, 6.07) is 1.79. The lowest BCUT2D eigenvalue weighted by Gasteiger charge is -2.43. The highest BCUT2D eigenvalue weighted by molar-refractivity contribution is 5.81. The van der Waals surface area contributed by atoms with Gasteiger partial charge in [-0.15, -0.1) is 10.2 Å². The number of fused-ring (bicyclic) bond motifs is 1. The zero-order valence-corrected chi connectivity index (χ0v) is 22.1. The fourth-order valence-electron chi connectivity index (χ4n) is 5.08. The number of nitrogens with two attached hydrogens (primary N) is 2. The normalized spacial score (nSPS) is 18.2. The van der Waals surface area contributed by atoms with E-state index in [0.29, 0.717) is 29.7 Å². The van der Waals surface area contributed by atoms with Gasteiger partial charge < -0.3 is 35.5 Å². The average molecular weight is 578 g/mol. The van der Waals surface area contributed by atoms with E-state index in [1.807, 2.05) is 0 Å². The number of halogens is 4. The van der Waals surface area contributed by atoms with E-state index in [0.717, 1.165) is 12.1 Å². The molecule has 1 aromatic carbocycles. The van der Waals surface area contributed by atoms with Crippen molar-refractivity contribution in [1.29, 1.82) is 0 Å². The highest BCUT2D eigenvalue weighted by Gasteiger charge is 2.44. The van der Waals surface area contributed by atoms with E-state index in [1.165, 1.54) is 26.9 Å². The highest BCUT2D eigenvalue weighted by atomic mass is 19.3. The van der Waals surface area contributed by atoms with Gasteiger partial charge in [0, 0.05) is 24.7 Å². The molecule has 0 bridgehead atoms. The summed E-state index contributed by atoms with van der Waals surface area (Å²) >= 11 is 0. The smallest absolute Gasteiger partial charge is 0.265 e. The molecule has 0 radical (unpaired) electrons. The number of aromatic nitrogens is 6. The Bertz CT molecular complexity index is 1590. The van der Waals surface area contributed by atoms with Gasteiger partial charge in [-0.3, -0.25) is 0 Å². The number of imidazole rings is 1. The van der Waals surface area contributed by atoms with Gasteiger partial charge in [0.1, 0.15) is 29.5 Å². The van der Waals surface area contributed by atoms with Crippen molar-refractivity contribution in [2.75, 3.05) is 37.9 Å². The third-order valence-electron chi connectivity index (χ3n) is 7.15. The molecule has 1 aliphatic heterocycles. The average Bonchev–Trinajstić information content (AvgIpc) is 3.37. The molecule has 0 spiro atoms. The van der Waals surface area contributed by atoms with Crippen LogP contribution >= 0.6 is 0 Å². The molecule has 12 nitrogen and oxygen atoms in total. The number of methoxy groups -OCH3 is 2. The number of rotatable bonds is 8. The lowest BCUT2D eigenvalue weighted by Crippen LogP contribution is -2.63. The van der Waals surface area contributed by atoms with Crippen LogP contribution in [0.1, 0.15) is 18.4 Å². The number of anilines is 2. The topological polar surface area (TPSA) is 163 Å². The van der Waals surface area contributed by atoms with Crippen molar-refractivity contribution in [3.63, 3.8) is 0 Å². The maximum absolute atomic E-state index is 15.2. The number of nitrogens with zero attached hydrogens (tertiary/aromatic N) is 7. The molecule has 218 valence electrons. The minimum absolute atomic E-state index is 0.0281. The van der Waals surface area contributed by atoms with Gasteiger partial charge in [-0.2, -0.15) is 0 Å². The Hall–Kier alpha value is -4.31. The predicted octanol–water partition coefficient (Wildman–Crippen LogP) is 2.13. The Morgan fingerprint density at radius 1 is 1.10 bits per heavy atom. The van der Waals surface area contributed by atoms with Crippen molar-refractivity contribution in [3.05, 3.63) is 42.0 Å². The number of hydrogen-bond acceptors (Lipinski definition) is 11. The van der Waals surface area contributed by atoms with Crippen LogP contribution in [-0.2, 0) is 6.54 Å². The van der Waals surface area contributed by atoms with Gasteiger partial charge in [0.15, 0.2) is 34.6 Å². The quantitative estimate of drug-likeness (QED) is 0.263. The summed E-state index contributed by atoms with van der Waals surface area (Å²) in [7, 11) is 2.53. The zero-order valence-electron chi connectivity index (χ0n) is 22.1. The Morgan fingerprint density at radius 3 is 2.59 bits per heavy atom. The van der Waals surface area contributed by atoms with Crippen LogP contribution < -0.4 is 25.8 Å². The molecule has 16 heteroatoms. The molecule has 4 heterocycles. The number of piperidine rings is 1. The van der Waals surface area contributed by atoms with E-state index >= 15 is 4.39 Å². The first kappa shape index (κ1) is 28.2. The Balaban J connectivity index is 1.68. The van der Waals surface area contributed by atoms with Crippen LogP contribution in [0, 0.1) is 11.6 Å². The monoisotopic (exact) mass is 577 g/mol. The first-order chi connectivity index (χ1) is 19.6. The van der Waals surface area contributed by atoms with Gasteiger partial charge in [-0.25, -0.2) is 32.5 Å². The van der Waals surface area contributed by atoms with Crippen LogP contribution in [0.5, 0.6) is 11.5 Å². The van der Waals surface area contributed by atoms with E-state index in [4.69, 9.17) is 20.9 Å². The maximum atomic E-state index is 15.2. The second kappa shape index (κ2) is 10.9. The van der Waals surface area contributed by atoms with Crippen LogP contribution in [-0.4, -0.2) is 80.2 Å². The van der Waals surface area contributed by atoms with Crippen LogP contribution in [0.25, 0.3) is 22.4 Å². The zero-order chi connectivity index (χ0) is 29.5. The fourth-order valence-corrected chi connectivity index (χ4v) is 5.08. The van der Waals surface area contributed by atoms with Gasteiger partial charge in [-0.1, -0.05) is 0 Å². The van der Waals surface area contributed by atoms with E-state index < -0.39 is 29.7 Å². The summed E-state index contributed by atoms with van der Waals surface area (Å²) in [6.45, 7) is 0.123. The summed E-state index contributed by atoms with van der Waals surface area (Å²) in [6.07, 6.45) is -1.92. The summed E-state index contributed by atoms with van der Waals surface area (Å²) in [5, 5.41) is 18.7. The van der Waals surface area contributed by atoms with E-state index in [2.05, 4.69) is 25.1 Å². The molecule has 2 atom stereocenters. The second-order valence-electron chi connectivity index (χ2n) is 9.69. The third-order valence-corrected chi connectivity index (χ3v) is 7.15. The van der Waals surface area contributed by atoms with Crippen LogP contribution in [0.15, 0.2) is 24.8 Å². The van der Waals surface area contributed by atoms with Crippen molar-refractivity contribution in [1.82, 2.24) is 29.7 Å². The summed E-state index contributed by atoms with van der Waals surface area (Å²) in [4.78, 5) is 14.1. The molecule has 41 heavy (non-hydrogen) atoms. The second-order valence-corrected chi connectivity index (χ2v) is 9.69. The molecule has 5 N–H and O–H groups in total. The molecule has 0 unspecified atom stereocenters. The Kier molecular flexibility index (Phi) is 7.52. The molecule has 5 rings (SSSR count). The van der Waals surface area contributed by atoms with Crippen LogP contribution in [0.4, 0.5) is 29.2 Å². The Morgan fingerprint density at radius 2 is 1.88 bits per heavy atom. The minimum atomic E-state index is -3.06. The number of nitrogen functional groups attached to an aromatic ring is 1. The predicted molar refractivity (Wildman–Crippen MR) is 140 cm³/mol. The molecule has 1 aliphatic rings. The molecular formula is C25H27F4N9O3. The van der Waals surface area contributed by atoms with Crippen molar-refractivity contribution in [2.24, 2.45) is 5.73 Å². The van der Waals surface area contributed by atoms with Gasteiger partial charge in [0.05, 0.1) is 38.2 Å². The lowest BCUT2D eigenvalue weighted by atomic mass is 9.84. The van der Waals surface area contributed by atoms with Crippen molar-refractivity contribution in [3.8, 4) is 22.8 Å². The first-order valence-corrected chi connectivity index (χ1v) is 12.5. The van der Waals surface area contributed by atoms with E-state index in [1.54, 1.807) is 9.47 Å². The first-order valence-electron chi connectivity index (χ1n) is 12.5. The number of hydrogen-bond donors (Lipinski definition) is 3. The summed E-state index contributed by atoms with van der Waals surface area (Å²) < 4.78 is 68.9. The molecule has 0 aliphatic carbocycles. The summed E-state index contributed by atoms with van der Waals surface area (Å²) in [5.74, 6) is -1.62. The van der Waals surface area contributed by atoms with Gasteiger partial charge in [-0.05, 0) is 18.9 Å². The van der Waals surface area contributed by atoms with E-state index in [9.17, 15) is 18.3 Å². The van der Waals surface area contributed by atoms with E-state index in [-0.39, 0.29) is 53.9 Å². The highest BCUT2D eigenvalue weighted by Crippen LogP contribution is 2.40. The molecule has 1 saturated heterocycles. The standard InChI is InChI=1S/C25H27F4N9O3/c1-40-16-7-14(26)12(6-15(16)27)17-19(41-2)13(8-38-11-34-18-22(30)32-10-33-24(18)38)23(36-35-17)37-5-3-4-25(31,9-37)20(39)21(28)29/h6-7,10-11,20-21,39H,3-5,8-9,31H2,1-2H3,(H2,30,32,33)/t20-,25-/m1/s1. The molecule has 0 amide bonds. The van der Waals surface area contributed by atoms with Crippen molar-refractivity contribution in [2.45, 2.75) is 37.5 Å². The van der Waals surface area contributed by atoms with Crippen molar-refractivity contribution < 1.29 is 32.1 Å². The molecule has 1 fully saturated rings. The number of alkyl halides is 2. The van der Waals surface area contributed by atoms with Crippen LogP contribution in [0.3, 0.4) is 0 Å². The maximum Gasteiger partial charge on any atom is 0.265 e. The molecule has 3 aromatic heterocycles. The minimum Gasteiger partial charge on any atom is -0.494 e.